The van der Waals surface area contributed by atoms with Gasteiger partial charge in [0.05, 0.1) is 10.6 Å². The van der Waals surface area contributed by atoms with E-state index in [1.165, 1.54) is 0 Å². The smallest absolute Gasteiger partial charge is 0.406 e. The molecule has 0 radical (unpaired) electrons. The SMILES string of the molecule is O=Cc1cc(-c2ccc(F)cc2F)n(S(=O)(=O)c2ccc(OC(F)(F)F)cc2)c1. The van der Waals surface area contributed by atoms with E-state index in [2.05, 4.69) is 4.74 Å². The second-order valence-corrected chi connectivity index (χ2v) is 7.54. The molecular formula is C18H10F5NO4S. The average molecular weight is 431 g/mol. The van der Waals surface area contributed by atoms with Gasteiger partial charge in [-0.2, -0.15) is 0 Å². The van der Waals surface area contributed by atoms with Gasteiger partial charge >= 0.3 is 6.36 Å². The van der Waals surface area contributed by atoms with Crippen LogP contribution in [0, 0.1) is 11.6 Å². The first kappa shape index (κ1) is 20.5. The molecule has 0 N–H and O–H groups in total. The Hall–Kier alpha value is -3.21. The molecule has 3 aromatic rings. The van der Waals surface area contributed by atoms with Crippen molar-refractivity contribution >= 4 is 16.3 Å². The fourth-order valence-electron chi connectivity index (χ4n) is 2.55. The van der Waals surface area contributed by atoms with Crippen molar-refractivity contribution in [2.24, 2.45) is 0 Å². The zero-order chi connectivity index (χ0) is 21.4. The predicted octanol–water partition coefficient (Wildman–Crippen LogP) is 4.38. The van der Waals surface area contributed by atoms with Crippen LogP contribution in [0.5, 0.6) is 5.75 Å². The maximum absolute atomic E-state index is 14.2. The molecule has 2 aromatic carbocycles. The summed E-state index contributed by atoms with van der Waals surface area (Å²) < 4.78 is 94.2. The lowest BCUT2D eigenvalue weighted by Gasteiger charge is -2.12. The van der Waals surface area contributed by atoms with Crippen LogP contribution in [0.3, 0.4) is 0 Å². The number of aromatic nitrogens is 1. The van der Waals surface area contributed by atoms with Crippen LogP contribution in [0.25, 0.3) is 11.3 Å². The molecule has 0 amide bonds. The first-order valence-electron chi connectivity index (χ1n) is 7.75. The molecule has 0 aliphatic rings. The molecule has 5 nitrogen and oxygen atoms in total. The highest BCUT2D eigenvalue weighted by molar-refractivity contribution is 7.90. The number of ether oxygens (including phenoxy) is 1. The first-order chi connectivity index (χ1) is 13.5. The summed E-state index contributed by atoms with van der Waals surface area (Å²) in [6.07, 6.45) is -3.70. The summed E-state index contributed by atoms with van der Waals surface area (Å²) in [5.74, 6) is -2.59. The monoisotopic (exact) mass is 431 g/mol. The third-order valence-electron chi connectivity index (χ3n) is 3.76. The number of nitrogens with zero attached hydrogens (tertiary/aromatic N) is 1. The molecule has 11 heteroatoms. The van der Waals surface area contributed by atoms with Crippen LogP contribution >= 0.6 is 0 Å². The second kappa shape index (κ2) is 7.32. The van der Waals surface area contributed by atoms with Gasteiger partial charge in [-0.05, 0) is 42.5 Å². The average Bonchev–Trinajstić information content (AvgIpc) is 3.06. The number of hydrogen-bond acceptors (Lipinski definition) is 4. The van der Waals surface area contributed by atoms with Gasteiger partial charge in [0.1, 0.15) is 17.4 Å². The van der Waals surface area contributed by atoms with Crippen molar-refractivity contribution in [2.45, 2.75) is 11.3 Å². The molecule has 0 atom stereocenters. The minimum atomic E-state index is -4.95. The predicted molar refractivity (Wildman–Crippen MR) is 90.9 cm³/mol. The summed E-state index contributed by atoms with van der Waals surface area (Å²) in [7, 11) is -4.43. The quantitative estimate of drug-likeness (QED) is 0.444. The van der Waals surface area contributed by atoms with E-state index in [-0.39, 0.29) is 16.8 Å². The summed E-state index contributed by atoms with van der Waals surface area (Å²) in [5.41, 5.74) is -0.662. The fourth-order valence-corrected chi connectivity index (χ4v) is 3.93. The van der Waals surface area contributed by atoms with Gasteiger partial charge in [-0.1, -0.05) is 0 Å². The zero-order valence-electron chi connectivity index (χ0n) is 14.2. The Kier molecular flexibility index (Phi) is 5.18. The maximum atomic E-state index is 14.2. The topological polar surface area (TPSA) is 65.4 Å². The van der Waals surface area contributed by atoms with Gasteiger partial charge < -0.3 is 4.74 Å². The summed E-state index contributed by atoms with van der Waals surface area (Å²) in [5, 5.41) is 0. The van der Waals surface area contributed by atoms with Crippen molar-refractivity contribution in [1.82, 2.24) is 3.97 Å². The van der Waals surface area contributed by atoms with Crippen molar-refractivity contribution in [3.63, 3.8) is 0 Å². The lowest BCUT2D eigenvalue weighted by atomic mass is 10.1. The van der Waals surface area contributed by atoms with E-state index in [1.54, 1.807) is 0 Å². The Morgan fingerprint density at radius 2 is 1.62 bits per heavy atom. The first-order valence-corrected chi connectivity index (χ1v) is 9.19. The van der Waals surface area contributed by atoms with E-state index in [0.29, 0.717) is 16.3 Å². The molecule has 0 unspecified atom stereocenters. The van der Waals surface area contributed by atoms with Gasteiger partial charge in [0.2, 0.25) is 0 Å². The number of carbonyl (C=O) groups excluding carboxylic acids is 1. The standard InChI is InChI=1S/C18H10F5NO4S/c19-12-1-6-15(16(20)8-12)17-7-11(10-25)9-24(17)29(26,27)14-4-2-13(3-5-14)28-18(21,22)23/h1-10H. The molecule has 0 saturated heterocycles. The summed E-state index contributed by atoms with van der Waals surface area (Å²) in [6.45, 7) is 0. The van der Waals surface area contributed by atoms with Crippen LogP contribution < -0.4 is 4.74 Å². The van der Waals surface area contributed by atoms with Crippen molar-refractivity contribution in [3.05, 3.63) is 71.9 Å². The van der Waals surface area contributed by atoms with E-state index in [1.807, 2.05) is 0 Å². The molecular weight excluding hydrogens is 421 g/mol. The normalized spacial score (nSPS) is 12.0. The molecule has 0 spiro atoms. The number of rotatable bonds is 5. The third-order valence-corrected chi connectivity index (χ3v) is 5.45. The molecule has 0 fully saturated rings. The van der Waals surface area contributed by atoms with Gasteiger partial charge in [-0.25, -0.2) is 21.2 Å². The molecule has 29 heavy (non-hydrogen) atoms. The summed E-state index contributed by atoms with van der Waals surface area (Å²) in [6, 6.07) is 6.85. The largest absolute Gasteiger partial charge is 0.573 e. The van der Waals surface area contributed by atoms with Crippen LogP contribution in [0.2, 0.25) is 0 Å². The lowest BCUT2D eigenvalue weighted by molar-refractivity contribution is -0.274. The molecule has 1 heterocycles. The highest BCUT2D eigenvalue weighted by Crippen LogP contribution is 2.30. The Bertz CT molecular complexity index is 1170. The van der Waals surface area contributed by atoms with Crippen LogP contribution in [0.1, 0.15) is 10.4 Å². The molecule has 0 bridgehead atoms. The van der Waals surface area contributed by atoms with E-state index in [9.17, 15) is 35.2 Å². The minimum absolute atomic E-state index is 0.107. The molecule has 0 aliphatic carbocycles. The second-order valence-electron chi connectivity index (χ2n) is 5.72. The van der Waals surface area contributed by atoms with Crippen LogP contribution in [-0.4, -0.2) is 25.0 Å². The van der Waals surface area contributed by atoms with E-state index in [0.717, 1.165) is 48.7 Å². The van der Waals surface area contributed by atoms with Gasteiger partial charge in [0, 0.05) is 23.4 Å². The van der Waals surface area contributed by atoms with E-state index >= 15 is 0 Å². The summed E-state index contributed by atoms with van der Waals surface area (Å²) >= 11 is 0. The van der Waals surface area contributed by atoms with Crippen LogP contribution in [0.4, 0.5) is 22.0 Å². The number of hydrogen-bond donors (Lipinski definition) is 0. The Labute approximate surface area is 161 Å². The Morgan fingerprint density at radius 1 is 0.966 bits per heavy atom. The van der Waals surface area contributed by atoms with Crippen molar-refractivity contribution < 1.29 is 39.9 Å². The van der Waals surface area contributed by atoms with Gasteiger partial charge in [0.15, 0.2) is 6.29 Å². The number of carbonyl (C=O) groups is 1. The highest BCUT2D eigenvalue weighted by Gasteiger charge is 2.31. The van der Waals surface area contributed by atoms with E-state index < -0.39 is 38.7 Å². The molecule has 0 aliphatic heterocycles. The molecule has 3 rings (SSSR count). The minimum Gasteiger partial charge on any atom is -0.406 e. The Morgan fingerprint density at radius 3 is 2.17 bits per heavy atom. The highest BCUT2D eigenvalue weighted by atomic mass is 32.2. The van der Waals surface area contributed by atoms with Crippen LogP contribution in [0.15, 0.2) is 59.6 Å². The van der Waals surface area contributed by atoms with Gasteiger partial charge in [-0.3, -0.25) is 4.79 Å². The molecule has 1 aromatic heterocycles. The number of alkyl halides is 3. The molecule has 0 saturated carbocycles. The lowest BCUT2D eigenvalue weighted by Crippen LogP contribution is -2.17. The fraction of sp³-hybridized carbons (Fsp3) is 0.0556. The molecule has 152 valence electrons. The van der Waals surface area contributed by atoms with Crippen molar-refractivity contribution in [3.8, 4) is 17.0 Å². The number of benzene rings is 2. The van der Waals surface area contributed by atoms with Crippen molar-refractivity contribution in [2.75, 3.05) is 0 Å². The summed E-state index contributed by atoms with van der Waals surface area (Å²) in [4.78, 5) is 10.7. The third kappa shape index (κ3) is 4.29. The van der Waals surface area contributed by atoms with Gasteiger partial charge in [-0.15, -0.1) is 13.2 Å². The van der Waals surface area contributed by atoms with Gasteiger partial charge in [0.25, 0.3) is 10.0 Å². The van der Waals surface area contributed by atoms with Crippen molar-refractivity contribution in [1.29, 1.82) is 0 Å². The van der Waals surface area contributed by atoms with Crippen LogP contribution in [-0.2, 0) is 10.0 Å². The number of halogens is 5. The maximum Gasteiger partial charge on any atom is 0.573 e. The number of aldehydes is 1. The van der Waals surface area contributed by atoms with E-state index in [4.69, 9.17) is 0 Å². The zero-order valence-corrected chi connectivity index (χ0v) is 15.0. The Balaban J connectivity index is 2.09.